The molecule has 0 saturated carbocycles. The molecule has 0 amide bonds. The lowest BCUT2D eigenvalue weighted by Gasteiger charge is -2.09. The molecule has 3 nitrogen and oxygen atoms in total. The van der Waals surface area contributed by atoms with Crippen molar-refractivity contribution in [2.75, 3.05) is 19.8 Å². The van der Waals surface area contributed by atoms with E-state index in [0.717, 1.165) is 35.4 Å². The second kappa shape index (κ2) is 4.96. The van der Waals surface area contributed by atoms with Gasteiger partial charge in [0.05, 0.1) is 13.2 Å². The van der Waals surface area contributed by atoms with Crippen LogP contribution in [0.3, 0.4) is 0 Å². The zero-order valence-electron chi connectivity index (χ0n) is 8.42. The Hall–Kier alpha value is -0.580. The van der Waals surface area contributed by atoms with Crippen molar-refractivity contribution < 1.29 is 9.84 Å². The predicted octanol–water partition coefficient (Wildman–Crippen LogP) is 1.47. The molecule has 4 heteroatoms. The van der Waals surface area contributed by atoms with Gasteiger partial charge in [-0.1, -0.05) is 15.9 Å². The van der Waals surface area contributed by atoms with Crippen LogP contribution >= 0.6 is 15.9 Å². The average molecular weight is 272 g/mol. The average Bonchev–Trinajstić information content (AvgIpc) is 2.65. The van der Waals surface area contributed by atoms with Gasteiger partial charge in [0.2, 0.25) is 0 Å². The van der Waals surface area contributed by atoms with Crippen LogP contribution in [0.25, 0.3) is 0 Å². The van der Waals surface area contributed by atoms with Gasteiger partial charge in [-0.2, -0.15) is 0 Å². The molecule has 1 aliphatic rings. The molecule has 0 fully saturated rings. The minimum atomic E-state index is 0.164. The van der Waals surface area contributed by atoms with E-state index in [9.17, 15) is 0 Å². The van der Waals surface area contributed by atoms with Crippen LogP contribution in [0.4, 0.5) is 0 Å². The molecule has 0 radical (unpaired) electrons. The van der Waals surface area contributed by atoms with Gasteiger partial charge in [0.1, 0.15) is 5.75 Å². The molecule has 0 aliphatic carbocycles. The predicted molar refractivity (Wildman–Crippen MR) is 62.1 cm³/mol. The highest BCUT2D eigenvalue weighted by molar-refractivity contribution is 9.10. The van der Waals surface area contributed by atoms with Gasteiger partial charge in [-0.15, -0.1) is 0 Å². The molecule has 0 spiro atoms. The van der Waals surface area contributed by atoms with Gasteiger partial charge >= 0.3 is 0 Å². The second-order valence-corrected chi connectivity index (χ2v) is 4.47. The van der Waals surface area contributed by atoms with Crippen LogP contribution < -0.4 is 10.1 Å². The summed E-state index contributed by atoms with van der Waals surface area (Å²) in [6, 6.07) is 4.17. The molecule has 1 aromatic rings. The fourth-order valence-electron chi connectivity index (χ4n) is 1.78. The molecule has 15 heavy (non-hydrogen) atoms. The molecule has 1 aliphatic heterocycles. The Balaban J connectivity index is 2.15. The number of hydrogen-bond donors (Lipinski definition) is 2. The number of nitrogens with one attached hydrogen (secondary N) is 1. The molecular weight excluding hydrogens is 258 g/mol. The van der Waals surface area contributed by atoms with Crippen LogP contribution in [-0.4, -0.2) is 24.9 Å². The van der Waals surface area contributed by atoms with Crippen molar-refractivity contribution in [2.45, 2.75) is 13.0 Å². The van der Waals surface area contributed by atoms with Crippen molar-refractivity contribution in [3.8, 4) is 5.75 Å². The Labute approximate surface area is 97.6 Å². The Morgan fingerprint density at radius 1 is 1.47 bits per heavy atom. The summed E-state index contributed by atoms with van der Waals surface area (Å²) in [4.78, 5) is 0. The van der Waals surface area contributed by atoms with E-state index in [-0.39, 0.29) is 6.61 Å². The van der Waals surface area contributed by atoms with Gasteiger partial charge in [0.15, 0.2) is 0 Å². The van der Waals surface area contributed by atoms with Gasteiger partial charge in [0, 0.05) is 29.5 Å². The third kappa shape index (κ3) is 2.51. The van der Waals surface area contributed by atoms with Crippen LogP contribution in [0.15, 0.2) is 16.6 Å². The Morgan fingerprint density at radius 3 is 3.13 bits per heavy atom. The maximum atomic E-state index is 8.69. The zero-order valence-corrected chi connectivity index (χ0v) is 10.0. The van der Waals surface area contributed by atoms with Crippen molar-refractivity contribution >= 4 is 15.9 Å². The van der Waals surface area contributed by atoms with E-state index in [1.807, 2.05) is 0 Å². The molecule has 1 heterocycles. The van der Waals surface area contributed by atoms with Crippen molar-refractivity contribution in [1.82, 2.24) is 5.32 Å². The number of halogens is 1. The van der Waals surface area contributed by atoms with Crippen molar-refractivity contribution in [2.24, 2.45) is 0 Å². The summed E-state index contributed by atoms with van der Waals surface area (Å²) in [6.07, 6.45) is 0.988. The number of aliphatic hydroxyl groups excluding tert-OH is 1. The molecule has 0 bridgehead atoms. The van der Waals surface area contributed by atoms with E-state index in [0.29, 0.717) is 6.54 Å². The molecular formula is C11H14BrNO2. The molecule has 1 aromatic carbocycles. The van der Waals surface area contributed by atoms with Crippen LogP contribution in [0.2, 0.25) is 0 Å². The summed E-state index contributed by atoms with van der Waals surface area (Å²) in [6.45, 7) is 2.29. The zero-order chi connectivity index (χ0) is 10.7. The lowest BCUT2D eigenvalue weighted by molar-refractivity contribution is 0.291. The summed E-state index contributed by atoms with van der Waals surface area (Å²) in [5.74, 6) is 1.02. The number of rotatable bonds is 4. The third-order valence-electron chi connectivity index (χ3n) is 2.43. The van der Waals surface area contributed by atoms with Crippen LogP contribution in [-0.2, 0) is 13.0 Å². The number of ether oxygens (including phenoxy) is 1. The van der Waals surface area contributed by atoms with Crippen LogP contribution in [0.1, 0.15) is 11.1 Å². The Bertz CT molecular complexity index is 355. The lowest BCUT2D eigenvalue weighted by atomic mass is 10.1. The maximum Gasteiger partial charge on any atom is 0.127 e. The van der Waals surface area contributed by atoms with E-state index in [4.69, 9.17) is 9.84 Å². The number of benzene rings is 1. The summed E-state index contributed by atoms with van der Waals surface area (Å²) in [7, 11) is 0. The van der Waals surface area contributed by atoms with Crippen molar-refractivity contribution in [3.63, 3.8) is 0 Å². The highest BCUT2D eigenvalue weighted by atomic mass is 79.9. The largest absolute Gasteiger partial charge is 0.493 e. The van der Waals surface area contributed by atoms with E-state index < -0.39 is 0 Å². The van der Waals surface area contributed by atoms with Crippen LogP contribution in [0, 0.1) is 0 Å². The quantitative estimate of drug-likeness (QED) is 0.815. The van der Waals surface area contributed by atoms with Gasteiger partial charge < -0.3 is 15.2 Å². The highest BCUT2D eigenvalue weighted by Gasteiger charge is 2.16. The second-order valence-electron chi connectivity index (χ2n) is 3.55. The molecule has 0 atom stereocenters. The van der Waals surface area contributed by atoms with Crippen LogP contribution in [0.5, 0.6) is 5.75 Å². The summed E-state index contributed by atoms with van der Waals surface area (Å²) in [5, 5.41) is 11.8. The van der Waals surface area contributed by atoms with Crippen molar-refractivity contribution in [1.29, 1.82) is 0 Å². The maximum absolute atomic E-state index is 8.69. The lowest BCUT2D eigenvalue weighted by Crippen LogP contribution is -2.17. The minimum Gasteiger partial charge on any atom is -0.493 e. The first-order valence-electron chi connectivity index (χ1n) is 5.07. The molecule has 0 saturated heterocycles. The van der Waals surface area contributed by atoms with Gasteiger partial charge in [0.25, 0.3) is 0 Å². The number of hydrogen-bond acceptors (Lipinski definition) is 3. The molecule has 2 rings (SSSR count). The summed E-state index contributed by atoms with van der Waals surface area (Å²) >= 11 is 3.49. The fraction of sp³-hybridized carbons (Fsp3) is 0.455. The first-order valence-corrected chi connectivity index (χ1v) is 5.86. The summed E-state index contributed by atoms with van der Waals surface area (Å²) < 4.78 is 6.68. The Kier molecular flexibility index (Phi) is 3.61. The van der Waals surface area contributed by atoms with Gasteiger partial charge in [-0.3, -0.25) is 0 Å². The molecule has 82 valence electrons. The van der Waals surface area contributed by atoms with Gasteiger partial charge in [-0.05, 0) is 17.7 Å². The van der Waals surface area contributed by atoms with E-state index in [1.165, 1.54) is 5.56 Å². The topological polar surface area (TPSA) is 41.5 Å². The molecule has 0 aromatic heterocycles. The third-order valence-corrected chi connectivity index (χ3v) is 2.89. The SMILES string of the molecule is OCCNCc1cc(Br)cc2c1OCC2. The first kappa shape index (κ1) is 10.9. The molecule has 2 N–H and O–H groups in total. The van der Waals surface area contributed by atoms with E-state index in [2.05, 4.69) is 33.4 Å². The smallest absolute Gasteiger partial charge is 0.127 e. The summed E-state index contributed by atoms with van der Waals surface area (Å²) in [5.41, 5.74) is 2.43. The van der Waals surface area contributed by atoms with E-state index in [1.54, 1.807) is 0 Å². The molecule has 0 unspecified atom stereocenters. The normalized spacial score (nSPS) is 13.7. The fourth-order valence-corrected chi connectivity index (χ4v) is 2.33. The first-order chi connectivity index (χ1) is 7.31. The monoisotopic (exact) mass is 271 g/mol. The highest BCUT2D eigenvalue weighted by Crippen LogP contribution is 2.32. The van der Waals surface area contributed by atoms with Crippen molar-refractivity contribution in [3.05, 3.63) is 27.7 Å². The van der Waals surface area contributed by atoms with E-state index >= 15 is 0 Å². The standard InChI is InChI=1S/C11H14BrNO2/c12-10-5-8-1-4-15-11(8)9(6-10)7-13-2-3-14/h5-6,13-14H,1-4,7H2. The Morgan fingerprint density at radius 2 is 2.33 bits per heavy atom. The minimum absolute atomic E-state index is 0.164. The number of fused-ring (bicyclic) bond motifs is 1. The number of aliphatic hydroxyl groups is 1. The van der Waals surface area contributed by atoms with Gasteiger partial charge in [-0.25, -0.2) is 0 Å².